The van der Waals surface area contributed by atoms with Crippen LogP contribution >= 0.6 is 11.8 Å². The van der Waals surface area contributed by atoms with Crippen LogP contribution in [0.2, 0.25) is 0 Å². The summed E-state index contributed by atoms with van der Waals surface area (Å²) in [6.45, 7) is 1.51. The molecule has 4 nitrogen and oxygen atoms in total. The first-order chi connectivity index (χ1) is 7.32. The molecule has 90 valence electrons. The van der Waals surface area contributed by atoms with Crippen molar-refractivity contribution >= 4 is 17.7 Å². The van der Waals surface area contributed by atoms with Crippen molar-refractivity contribution in [1.82, 2.24) is 9.97 Å². The number of anilines is 1. The number of hydrogen-bond donors (Lipinski definition) is 2. The smallest absolute Gasteiger partial charge is 0.395 e. The molecule has 16 heavy (non-hydrogen) atoms. The molecule has 0 saturated heterocycles. The van der Waals surface area contributed by atoms with E-state index in [4.69, 9.17) is 10.8 Å². The number of aliphatic hydroxyl groups is 1. The molecule has 8 heteroatoms. The van der Waals surface area contributed by atoms with Crippen molar-refractivity contribution in [3.8, 4) is 0 Å². The van der Waals surface area contributed by atoms with E-state index in [2.05, 4.69) is 9.97 Å². The number of nitrogen functional groups attached to an aromatic ring is 1. The summed E-state index contributed by atoms with van der Waals surface area (Å²) >= 11 is 1.01. The summed E-state index contributed by atoms with van der Waals surface area (Å²) in [4.78, 5) is 6.76. The average Bonchev–Trinajstić information content (AvgIpc) is 2.15. The first-order valence-corrected chi connectivity index (χ1v) is 5.20. The quantitative estimate of drug-likeness (QED) is 0.631. The van der Waals surface area contributed by atoms with E-state index in [9.17, 15) is 13.2 Å². The van der Waals surface area contributed by atoms with Gasteiger partial charge in [0.25, 0.3) is 0 Å². The Morgan fingerprint density at radius 1 is 1.50 bits per heavy atom. The van der Waals surface area contributed by atoms with Gasteiger partial charge in [-0.05, 0) is 0 Å². The highest BCUT2D eigenvalue weighted by Gasteiger charge is 2.33. The van der Waals surface area contributed by atoms with Crippen molar-refractivity contribution in [3.63, 3.8) is 0 Å². The van der Waals surface area contributed by atoms with E-state index >= 15 is 0 Å². The SMILES string of the molecule is CC(CO)Sc1cc(C(F)(F)F)nc(N)n1. The summed E-state index contributed by atoms with van der Waals surface area (Å²) in [5.74, 6) is -0.428. The van der Waals surface area contributed by atoms with Gasteiger partial charge < -0.3 is 10.8 Å². The van der Waals surface area contributed by atoms with Crippen LogP contribution in [0.15, 0.2) is 11.1 Å². The lowest BCUT2D eigenvalue weighted by molar-refractivity contribution is -0.141. The minimum Gasteiger partial charge on any atom is -0.395 e. The van der Waals surface area contributed by atoms with Crippen LogP contribution in [0.3, 0.4) is 0 Å². The number of aromatic nitrogens is 2. The third-order valence-electron chi connectivity index (χ3n) is 1.59. The molecular weight excluding hydrogens is 243 g/mol. The summed E-state index contributed by atoms with van der Waals surface area (Å²) in [6, 6.07) is 0.813. The molecule has 1 heterocycles. The van der Waals surface area contributed by atoms with Crippen molar-refractivity contribution in [3.05, 3.63) is 11.8 Å². The van der Waals surface area contributed by atoms with E-state index in [0.717, 1.165) is 17.8 Å². The Hall–Kier alpha value is -1.02. The van der Waals surface area contributed by atoms with Crippen LogP contribution in [0.4, 0.5) is 19.1 Å². The summed E-state index contributed by atoms with van der Waals surface area (Å²) in [5, 5.41) is 8.62. The second kappa shape index (κ2) is 4.88. The highest BCUT2D eigenvalue weighted by molar-refractivity contribution is 7.99. The molecule has 0 spiro atoms. The topological polar surface area (TPSA) is 72.0 Å². The normalized spacial score (nSPS) is 13.8. The van der Waals surface area contributed by atoms with Crippen LogP contribution in [-0.4, -0.2) is 26.9 Å². The Balaban J connectivity index is 2.99. The molecule has 0 fully saturated rings. The lowest BCUT2D eigenvalue weighted by Gasteiger charge is -2.10. The third-order valence-corrected chi connectivity index (χ3v) is 2.59. The molecule has 1 unspecified atom stereocenters. The summed E-state index contributed by atoms with van der Waals surface area (Å²) in [5.41, 5.74) is 4.10. The number of halogens is 3. The standard InChI is InChI=1S/C8H10F3N3OS/c1-4(3-15)16-6-2-5(8(9,10)11)13-7(12)14-6/h2,4,15H,3H2,1H3,(H2,12,13,14). The van der Waals surface area contributed by atoms with Crippen LogP contribution in [0.1, 0.15) is 12.6 Å². The van der Waals surface area contributed by atoms with Crippen LogP contribution in [0, 0.1) is 0 Å². The first kappa shape index (κ1) is 13.0. The van der Waals surface area contributed by atoms with Gasteiger partial charge in [0.15, 0.2) is 5.69 Å². The van der Waals surface area contributed by atoms with Gasteiger partial charge in [0, 0.05) is 11.3 Å². The molecule has 1 aromatic heterocycles. The second-order valence-electron chi connectivity index (χ2n) is 3.06. The van der Waals surface area contributed by atoms with Crippen LogP contribution in [0.5, 0.6) is 0 Å². The van der Waals surface area contributed by atoms with Gasteiger partial charge in [-0.2, -0.15) is 13.2 Å². The monoisotopic (exact) mass is 253 g/mol. The molecule has 0 aliphatic carbocycles. The zero-order valence-electron chi connectivity index (χ0n) is 8.32. The lowest BCUT2D eigenvalue weighted by Crippen LogP contribution is -2.12. The Labute approximate surface area is 94.1 Å². The van der Waals surface area contributed by atoms with Gasteiger partial charge in [-0.3, -0.25) is 0 Å². The minimum absolute atomic E-state index is 0.0985. The molecule has 0 radical (unpaired) electrons. The van der Waals surface area contributed by atoms with Gasteiger partial charge in [0.1, 0.15) is 5.03 Å². The minimum atomic E-state index is -4.55. The van der Waals surface area contributed by atoms with Crippen molar-refractivity contribution in [2.75, 3.05) is 12.3 Å². The van der Waals surface area contributed by atoms with Gasteiger partial charge in [0.2, 0.25) is 5.95 Å². The number of thioether (sulfide) groups is 1. The number of nitrogens with zero attached hydrogens (tertiary/aromatic N) is 2. The van der Waals surface area contributed by atoms with Crippen molar-refractivity contribution < 1.29 is 18.3 Å². The van der Waals surface area contributed by atoms with Crippen LogP contribution in [-0.2, 0) is 6.18 Å². The van der Waals surface area contributed by atoms with Gasteiger partial charge in [-0.15, -0.1) is 11.8 Å². The number of hydrogen-bond acceptors (Lipinski definition) is 5. The molecular formula is C8H10F3N3OS. The van der Waals surface area contributed by atoms with Gasteiger partial charge in [-0.1, -0.05) is 6.92 Å². The number of rotatable bonds is 3. The van der Waals surface area contributed by atoms with Crippen LogP contribution in [0.25, 0.3) is 0 Å². The Morgan fingerprint density at radius 2 is 2.12 bits per heavy atom. The van der Waals surface area contributed by atoms with E-state index in [1.807, 2.05) is 0 Å². The van der Waals surface area contributed by atoms with Gasteiger partial charge in [-0.25, -0.2) is 9.97 Å². The second-order valence-corrected chi connectivity index (χ2v) is 4.52. The third kappa shape index (κ3) is 3.53. The summed E-state index contributed by atoms with van der Waals surface area (Å²) in [6.07, 6.45) is -4.55. The van der Waals surface area contributed by atoms with E-state index in [-0.39, 0.29) is 16.9 Å². The van der Waals surface area contributed by atoms with Crippen molar-refractivity contribution in [1.29, 1.82) is 0 Å². The van der Waals surface area contributed by atoms with E-state index < -0.39 is 17.8 Å². The highest BCUT2D eigenvalue weighted by Crippen LogP contribution is 2.31. The molecule has 1 rings (SSSR count). The molecule has 0 aromatic carbocycles. The predicted octanol–water partition coefficient (Wildman–Crippen LogP) is 1.55. The molecule has 1 aromatic rings. The first-order valence-electron chi connectivity index (χ1n) is 4.32. The molecule has 0 aliphatic rings. The Kier molecular flexibility index (Phi) is 3.98. The molecule has 3 N–H and O–H groups in total. The predicted molar refractivity (Wildman–Crippen MR) is 53.9 cm³/mol. The van der Waals surface area contributed by atoms with Crippen LogP contribution < -0.4 is 5.73 Å². The van der Waals surface area contributed by atoms with E-state index in [0.29, 0.717) is 0 Å². The largest absolute Gasteiger partial charge is 0.433 e. The van der Waals surface area contributed by atoms with Gasteiger partial charge >= 0.3 is 6.18 Å². The fourth-order valence-corrected chi connectivity index (χ4v) is 1.70. The number of nitrogens with two attached hydrogens (primary N) is 1. The van der Waals surface area contributed by atoms with E-state index in [1.54, 1.807) is 6.92 Å². The van der Waals surface area contributed by atoms with Crippen molar-refractivity contribution in [2.45, 2.75) is 23.4 Å². The number of aliphatic hydroxyl groups excluding tert-OH is 1. The maximum atomic E-state index is 12.4. The average molecular weight is 253 g/mol. The lowest BCUT2D eigenvalue weighted by atomic mass is 10.4. The molecule has 0 amide bonds. The summed E-state index contributed by atoms with van der Waals surface area (Å²) in [7, 11) is 0. The maximum absolute atomic E-state index is 12.4. The van der Waals surface area contributed by atoms with Crippen molar-refractivity contribution in [2.24, 2.45) is 0 Å². The maximum Gasteiger partial charge on any atom is 0.433 e. The Bertz CT molecular complexity index is 372. The molecule has 0 aliphatic heterocycles. The molecule has 0 bridgehead atoms. The zero-order valence-corrected chi connectivity index (χ0v) is 9.14. The van der Waals surface area contributed by atoms with Gasteiger partial charge in [0.05, 0.1) is 6.61 Å². The zero-order chi connectivity index (χ0) is 12.3. The molecule has 0 saturated carbocycles. The molecule has 1 atom stereocenters. The fourth-order valence-electron chi connectivity index (χ4n) is 0.892. The highest BCUT2D eigenvalue weighted by atomic mass is 32.2. The Morgan fingerprint density at radius 3 is 2.62 bits per heavy atom. The fraction of sp³-hybridized carbons (Fsp3) is 0.500. The van der Waals surface area contributed by atoms with E-state index in [1.165, 1.54) is 0 Å². The summed E-state index contributed by atoms with van der Waals surface area (Å²) < 4.78 is 37.1. The number of alkyl halides is 3.